The van der Waals surface area contributed by atoms with Crippen molar-refractivity contribution in [3.63, 3.8) is 0 Å². The van der Waals surface area contributed by atoms with E-state index in [1.165, 1.54) is 0 Å². The molecule has 3 N–H and O–H groups in total. The summed E-state index contributed by atoms with van der Waals surface area (Å²) < 4.78 is 6.67. The van der Waals surface area contributed by atoms with Gasteiger partial charge in [0.1, 0.15) is 5.52 Å². The molecule has 5 aromatic rings. The lowest BCUT2D eigenvalue weighted by molar-refractivity contribution is 0.310. The Morgan fingerprint density at radius 1 is 1.12 bits per heavy atom. The highest BCUT2D eigenvalue weighted by Crippen LogP contribution is 2.30. The summed E-state index contributed by atoms with van der Waals surface area (Å²) in [7, 11) is 0. The maximum absolute atomic E-state index is 5.86. The summed E-state index contributed by atoms with van der Waals surface area (Å²) in [5.41, 5.74) is 9.65. The van der Waals surface area contributed by atoms with Crippen LogP contribution >= 0.6 is 0 Å². The summed E-state index contributed by atoms with van der Waals surface area (Å²) in [6.07, 6.45) is 5.17. The van der Waals surface area contributed by atoms with Crippen LogP contribution in [0.2, 0.25) is 0 Å². The van der Waals surface area contributed by atoms with E-state index in [-0.39, 0.29) is 5.82 Å². The average Bonchev–Trinajstić information content (AvgIpc) is 3.30. The third-order valence-corrected chi connectivity index (χ3v) is 3.87. The lowest BCUT2D eigenvalue weighted by atomic mass is 10.2. The third-order valence-electron chi connectivity index (χ3n) is 3.87. The molecule has 0 spiro atoms. The second-order valence-electron chi connectivity index (χ2n) is 5.27. The third kappa shape index (κ3) is 1.72. The predicted octanol–water partition coefficient (Wildman–Crippen LogP) is 1.93. The van der Waals surface area contributed by atoms with Crippen molar-refractivity contribution in [2.75, 3.05) is 5.73 Å². The monoisotopic (exact) mass is 318 g/mol. The van der Waals surface area contributed by atoms with Crippen LogP contribution in [0.15, 0.2) is 47.5 Å². The van der Waals surface area contributed by atoms with Gasteiger partial charge >= 0.3 is 0 Å². The number of hydrogen-bond donors (Lipinski definition) is 2. The van der Waals surface area contributed by atoms with E-state index in [4.69, 9.17) is 10.4 Å². The smallest absolute Gasteiger partial charge is 0.199 e. The van der Waals surface area contributed by atoms with Crippen LogP contribution in [0.3, 0.4) is 0 Å². The fourth-order valence-corrected chi connectivity index (χ4v) is 2.77. The zero-order valence-electron chi connectivity index (χ0n) is 12.2. The molecule has 9 nitrogen and oxygen atoms in total. The number of aromatic amines is 1. The topological polar surface area (TPSA) is 124 Å². The molecular formula is C15H10N8O. The standard InChI is InChI=1S/C15H10N8O/c16-14-13(21-24-22-14)15-19-11-7-17-4-3-12(11)23(15)9-2-1-8-6-18-20-10(8)5-9/h1-7H,(H2,16,22)(H,18,20). The molecule has 5 rings (SSSR count). The predicted molar refractivity (Wildman–Crippen MR) is 86.2 cm³/mol. The summed E-state index contributed by atoms with van der Waals surface area (Å²) in [6, 6.07) is 7.83. The van der Waals surface area contributed by atoms with Crippen LogP contribution < -0.4 is 5.73 Å². The Hall–Kier alpha value is -3.75. The molecule has 0 bridgehead atoms. The highest BCUT2D eigenvalue weighted by molar-refractivity contribution is 5.86. The van der Waals surface area contributed by atoms with E-state index in [2.05, 4.69) is 30.5 Å². The van der Waals surface area contributed by atoms with Crippen LogP contribution in [0.4, 0.5) is 5.82 Å². The molecule has 0 radical (unpaired) electrons. The van der Waals surface area contributed by atoms with Crippen molar-refractivity contribution < 1.29 is 4.63 Å². The summed E-state index contributed by atoms with van der Waals surface area (Å²) in [5, 5.41) is 15.6. The molecule has 24 heavy (non-hydrogen) atoms. The van der Waals surface area contributed by atoms with Crippen molar-refractivity contribution in [3.8, 4) is 17.2 Å². The van der Waals surface area contributed by atoms with Crippen molar-refractivity contribution in [1.82, 2.24) is 35.0 Å². The number of rotatable bonds is 2. The highest BCUT2D eigenvalue weighted by atomic mass is 16.6. The van der Waals surface area contributed by atoms with Crippen LogP contribution in [0.25, 0.3) is 39.1 Å². The van der Waals surface area contributed by atoms with E-state index in [1.54, 1.807) is 18.6 Å². The van der Waals surface area contributed by atoms with Crippen molar-refractivity contribution >= 4 is 27.8 Å². The zero-order chi connectivity index (χ0) is 16.1. The molecule has 0 unspecified atom stereocenters. The molecular weight excluding hydrogens is 308 g/mol. The molecule has 4 heterocycles. The summed E-state index contributed by atoms with van der Waals surface area (Å²) in [5.74, 6) is 0.720. The molecule has 0 saturated carbocycles. The number of fused-ring (bicyclic) bond motifs is 2. The van der Waals surface area contributed by atoms with Gasteiger partial charge in [0.25, 0.3) is 0 Å². The van der Waals surface area contributed by atoms with E-state index in [9.17, 15) is 0 Å². The quantitative estimate of drug-likeness (QED) is 0.509. The molecule has 0 saturated heterocycles. The average molecular weight is 318 g/mol. The molecule has 0 aliphatic heterocycles. The number of benzene rings is 1. The van der Waals surface area contributed by atoms with Gasteiger partial charge in [0.15, 0.2) is 17.3 Å². The van der Waals surface area contributed by atoms with Gasteiger partial charge in [-0.25, -0.2) is 9.61 Å². The first-order chi connectivity index (χ1) is 11.8. The molecule has 9 heteroatoms. The van der Waals surface area contributed by atoms with Gasteiger partial charge < -0.3 is 5.73 Å². The number of nitrogen functional groups attached to an aromatic ring is 1. The minimum absolute atomic E-state index is 0.183. The molecule has 0 aliphatic rings. The first kappa shape index (κ1) is 12.8. The maximum Gasteiger partial charge on any atom is 0.199 e. The lowest BCUT2D eigenvalue weighted by Gasteiger charge is -2.08. The molecule has 0 fully saturated rings. The Labute approximate surface area is 134 Å². The fourth-order valence-electron chi connectivity index (χ4n) is 2.77. The van der Waals surface area contributed by atoms with Crippen LogP contribution in [-0.4, -0.2) is 35.0 Å². The van der Waals surface area contributed by atoms with Gasteiger partial charge in [0, 0.05) is 17.3 Å². The van der Waals surface area contributed by atoms with Crippen molar-refractivity contribution in [2.45, 2.75) is 0 Å². The van der Waals surface area contributed by atoms with Gasteiger partial charge in [-0.05, 0) is 34.6 Å². The van der Waals surface area contributed by atoms with Crippen molar-refractivity contribution in [3.05, 3.63) is 42.9 Å². The summed E-state index contributed by atoms with van der Waals surface area (Å²) >= 11 is 0. The first-order valence-electron chi connectivity index (χ1n) is 7.15. The van der Waals surface area contributed by atoms with Crippen molar-refractivity contribution in [1.29, 1.82) is 0 Å². The number of nitrogens with zero attached hydrogens (tertiary/aromatic N) is 6. The van der Waals surface area contributed by atoms with E-state index in [0.29, 0.717) is 11.5 Å². The van der Waals surface area contributed by atoms with E-state index in [0.717, 1.165) is 27.6 Å². The molecule has 0 atom stereocenters. The van der Waals surface area contributed by atoms with Crippen LogP contribution in [-0.2, 0) is 0 Å². The number of imidazole rings is 1. The Balaban J connectivity index is 1.87. The lowest BCUT2D eigenvalue weighted by Crippen LogP contribution is -2.00. The SMILES string of the molecule is Nc1nonc1-c1nc2cnccc2n1-c1ccc2cn[nH]c2c1. The second kappa shape index (κ2) is 4.62. The Kier molecular flexibility index (Phi) is 2.46. The zero-order valence-corrected chi connectivity index (χ0v) is 12.2. The van der Waals surface area contributed by atoms with Gasteiger partial charge in [-0.15, -0.1) is 0 Å². The van der Waals surface area contributed by atoms with Crippen LogP contribution in [0, 0.1) is 0 Å². The molecule has 0 amide bonds. The number of nitrogens with one attached hydrogen (secondary N) is 1. The normalized spacial score (nSPS) is 11.5. The van der Waals surface area contributed by atoms with Gasteiger partial charge in [-0.1, -0.05) is 0 Å². The summed E-state index contributed by atoms with van der Waals surface area (Å²) in [4.78, 5) is 8.72. The summed E-state index contributed by atoms with van der Waals surface area (Å²) in [6.45, 7) is 0. The van der Waals surface area contributed by atoms with E-state index >= 15 is 0 Å². The molecule has 0 aliphatic carbocycles. The number of hydrogen-bond acceptors (Lipinski definition) is 7. The second-order valence-corrected chi connectivity index (χ2v) is 5.27. The first-order valence-corrected chi connectivity index (χ1v) is 7.15. The largest absolute Gasteiger partial charge is 0.379 e. The molecule has 116 valence electrons. The van der Waals surface area contributed by atoms with E-state index in [1.807, 2.05) is 28.8 Å². The highest BCUT2D eigenvalue weighted by Gasteiger charge is 2.20. The number of H-pyrrole nitrogens is 1. The Morgan fingerprint density at radius 3 is 2.96 bits per heavy atom. The minimum Gasteiger partial charge on any atom is -0.379 e. The maximum atomic E-state index is 5.86. The van der Waals surface area contributed by atoms with Gasteiger partial charge in [-0.3, -0.25) is 14.6 Å². The fraction of sp³-hybridized carbons (Fsp3) is 0. The number of nitrogens with two attached hydrogens (primary N) is 1. The Bertz CT molecular complexity index is 1180. The van der Waals surface area contributed by atoms with Gasteiger partial charge in [0.05, 0.1) is 23.4 Å². The number of aromatic nitrogens is 7. The van der Waals surface area contributed by atoms with Crippen LogP contribution in [0.5, 0.6) is 0 Å². The molecule has 4 aromatic heterocycles. The van der Waals surface area contributed by atoms with Gasteiger partial charge in [0.2, 0.25) is 0 Å². The van der Waals surface area contributed by atoms with Gasteiger partial charge in [-0.2, -0.15) is 5.10 Å². The Morgan fingerprint density at radius 2 is 2.08 bits per heavy atom. The minimum atomic E-state index is 0.183. The number of anilines is 1. The molecule has 1 aromatic carbocycles. The van der Waals surface area contributed by atoms with E-state index < -0.39 is 0 Å². The van der Waals surface area contributed by atoms with Crippen molar-refractivity contribution in [2.24, 2.45) is 0 Å². The number of pyridine rings is 1. The van der Waals surface area contributed by atoms with Crippen LogP contribution in [0.1, 0.15) is 0 Å².